The Balaban J connectivity index is 2.29. The number of nitrogen functional groups attached to an aromatic ring is 1. The lowest BCUT2D eigenvalue weighted by Gasteiger charge is -2.08. The summed E-state index contributed by atoms with van der Waals surface area (Å²) in [7, 11) is 0. The molecule has 0 amide bonds. The molecular formula is C15H17N5S. The molecule has 0 bridgehead atoms. The number of thiophene rings is 1. The first-order chi connectivity index (χ1) is 10.2. The highest BCUT2D eigenvalue weighted by Crippen LogP contribution is 2.34. The van der Waals surface area contributed by atoms with E-state index in [9.17, 15) is 0 Å². The Morgan fingerprint density at radius 3 is 2.81 bits per heavy atom. The number of rotatable bonds is 3. The molecule has 108 valence electrons. The minimum absolute atomic E-state index is 0.620. The summed E-state index contributed by atoms with van der Waals surface area (Å²) in [6.45, 7) is 6.25. The van der Waals surface area contributed by atoms with Crippen LogP contribution in [0.5, 0.6) is 0 Å². The maximum atomic E-state index is 5.66. The minimum Gasteiger partial charge on any atom is -0.308 e. The summed E-state index contributed by atoms with van der Waals surface area (Å²) in [6, 6.07) is 3.98. The summed E-state index contributed by atoms with van der Waals surface area (Å²) in [5, 5.41) is 0.998. The predicted octanol–water partition coefficient (Wildman–Crippen LogP) is 3.22. The Bertz CT molecular complexity index is 809. The number of fused-ring (bicyclic) bond motifs is 1. The molecule has 3 N–H and O–H groups in total. The Labute approximate surface area is 127 Å². The van der Waals surface area contributed by atoms with Crippen LogP contribution in [0.25, 0.3) is 21.7 Å². The molecule has 0 radical (unpaired) electrons. The van der Waals surface area contributed by atoms with Gasteiger partial charge in [0.05, 0.1) is 5.39 Å². The summed E-state index contributed by atoms with van der Waals surface area (Å²) in [5.74, 6) is 6.93. The smallest absolute Gasteiger partial charge is 0.181 e. The topological polar surface area (TPSA) is 76.7 Å². The van der Waals surface area contributed by atoms with Gasteiger partial charge in [-0.2, -0.15) is 0 Å². The number of nitrogens with zero attached hydrogens (tertiary/aromatic N) is 3. The molecule has 3 rings (SSSR count). The van der Waals surface area contributed by atoms with Crippen molar-refractivity contribution in [3.05, 3.63) is 34.3 Å². The average Bonchev–Trinajstić information content (AvgIpc) is 2.81. The summed E-state index contributed by atoms with van der Waals surface area (Å²) in [6.07, 6.45) is 2.65. The number of hydrazine groups is 1. The Kier molecular flexibility index (Phi) is 3.57. The van der Waals surface area contributed by atoms with Crippen LogP contribution in [0.1, 0.15) is 22.9 Å². The van der Waals surface area contributed by atoms with Crippen molar-refractivity contribution in [2.24, 2.45) is 5.84 Å². The van der Waals surface area contributed by atoms with Crippen LogP contribution in [0.2, 0.25) is 0 Å². The molecule has 0 aliphatic carbocycles. The first kappa shape index (κ1) is 13.9. The van der Waals surface area contributed by atoms with E-state index in [1.807, 2.05) is 6.07 Å². The third kappa shape index (κ3) is 2.26. The van der Waals surface area contributed by atoms with E-state index in [-0.39, 0.29) is 0 Å². The SMILES string of the molecule is CCc1cccnc1-c1nc(NN)c2c(C)c(C)sc2n1. The van der Waals surface area contributed by atoms with Crippen molar-refractivity contribution < 1.29 is 0 Å². The number of hydrogen-bond acceptors (Lipinski definition) is 6. The van der Waals surface area contributed by atoms with Crippen LogP contribution in [-0.4, -0.2) is 15.0 Å². The molecule has 0 spiro atoms. The van der Waals surface area contributed by atoms with Crippen LogP contribution in [-0.2, 0) is 6.42 Å². The molecule has 0 aliphatic rings. The van der Waals surface area contributed by atoms with Crippen LogP contribution in [0.15, 0.2) is 18.3 Å². The van der Waals surface area contributed by atoms with Gasteiger partial charge in [-0.05, 0) is 37.5 Å². The maximum Gasteiger partial charge on any atom is 0.181 e. The van der Waals surface area contributed by atoms with Crippen LogP contribution in [0, 0.1) is 13.8 Å². The maximum absolute atomic E-state index is 5.66. The molecule has 0 saturated carbocycles. The number of hydrogen-bond donors (Lipinski definition) is 2. The van der Waals surface area contributed by atoms with Gasteiger partial charge in [-0.1, -0.05) is 13.0 Å². The summed E-state index contributed by atoms with van der Waals surface area (Å²) in [5.41, 5.74) is 5.82. The number of nitrogens with two attached hydrogens (primary N) is 1. The lowest BCUT2D eigenvalue weighted by atomic mass is 10.1. The second kappa shape index (κ2) is 5.38. The van der Waals surface area contributed by atoms with Gasteiger partial charge in [0.15, 0.2) is 11.6 Å². The molecule has 3 aromatic rings. The molecule has 0 aromatic carbocycles. The van der Waals surface area contributed by atoms with E-state index in [1.54, 1.807) is 17.5 Å². The van der Waals surface area contributed by atoms with Gasteiger partial charge in [0.2, 0.25) is 0 Å². The summed E-state index contributed by atoms with van der Waals surface area (Å²) < 4.78 is 0. The minimum atomic E-state index is 0.620. The third-order valence-electron chi connectivity index (χ3n) is 3.65. The van der Waals surface area contributed by atoms with Gasteiger partial charge in [-0.25, -0.2) is 15.8 Å². The highest BCUT2D eigenvalue weighted by Gasteiger charge is 2.16. The standard InChI is InChI=1S/C15H17N5S/c1-4-10-6-5-7-17-12(10)14-18-13(20-16)11-8(2)9(3)21-15(11)19-14/h5-7H,4,16H2,1-3H3,(H,18,19,20). The molecular weight excluding hydrogens is 282 g/mol. The lowest BCUT2D eigenvalue weighted by Crippen LogP contribution is -2.10. The molecule has 0 saturated heterocycles. The fourth-order valence-electron chi connectivity index (χ4n) is 2.39. The van der Waals surface area contributed by atoms with Crippen molar-refractivity contribution in [3.63, 3.8) is 0 Å². The van der Waals surface area contributed by atoms with E-state index < -0.39 is 0 Å². The van der Waals surface area contributed by atoms with Crippen molar-refractivity contribution in [2.45, 2.75) is 27.2 Å². The molecule has 3 aromatic heterocycles. The Hall–Kier alpha value is -2.05. The molecule has 0 atom stereocenters. The quantitative estimate of drug-likeness (QED) is 0.573. The number of aromatic nitrogens is 3. The molecule has 0 unspecified atom stereocenters. The van der Waals surface area contributed by atoms with Gasteiger partial charge in [-0.3, -0.25) is 4.98 Å². The van der Waals surface area contributed by atoms with Gasteiger partial charge < -0.3 is 5.43 Å². The highest BCUT2D eigenvalue weighted by atomic mass is 32.1. The van der Waals surface area contributed by atoms with Crippen LogP contribution >= 0.6 is 11.3 Å². The molecule has 0 fully saturated rings. The van der Waals surface area contributed by atoms with Gasteiger partial charge >= 0.3 is 0 Å². The monoisotopic (exact) mass is 299 g/mol. The third-order valence-corrected chi connectivity index (χ3v) is 4.75. The van der Waals surface area contributed by atoms with Crippen molar-refractivity contribution in [1.29, 1.82) is 0 Å². The second-order valence-corrected chi connectivity index (χ2v) is 6.07. The summed E-state index contributed by atoms with van der Waals surface area (Å²) in [4.78, 5) is 15.9. The number of nitrogens with one attached hydrogen (secondary N) is 1. The van der Waals surface area contributed by atoms with E-state index in [0.29, 0.717) is 11.6 Å². The predicted molar refractivity (Wildman–Crippen MR) is 87.3 cm³/mol. The van der Waals surface area contributed by atoms with E-state index in [1.165, 1.54) is 10.4 Å². The summed E-state index contributed by atoms with van der Waals surface area (Å²) >= 11 is 1.66. The average molecular weight is 299 g/mol. The van der Waals surface area contributed by atoms with Crippen LogP contribution in [0.4, 0.5) is 5.82 Å². The highest BCUT2D eigenvalue weighted by molar-refractivity contribution is 7.18. The zero-order valence-electron chi connectivity index (χ0n) is 12.3. The first-order valence-corrected chi connectivity index (χ1v) is 7.66. The Morgan fingerprint density at radius 2 is 2.10 bits per heavy atom. The van der Waals surface area contributed by atoms with Gasteiger partial charge in [-0.15, -0.1) is 11.3 Å². The fraction of sp³-hybridized carbons (Fsp3) is 0.267. The van der Waals surface area contributed by atoms with E-state index >= 15 is 0 Å². The fourth-order valence-corrected chi connectivity index (χ4v) is 3.41. The number of aryl methyl sites for hydroxylation is 3. The number of pyridine rings is 1. The van der Waals surface area contributed by atoms with E-state index in [4.69, 9.17) is 10.8 Å². The van der Waals surface area contributed by atoms with E-state index in [0.717, 1.165) is 27.9 Å². The molecule has 6 heteroatoms. The first-order valence-electron chi connectivity index (χ1n) is 6.84. The van der Waals surface area contributed by atoms with Crippen LogP contribution < -0.4 is 11.3 Å². The van der Waals surface area contributed by atoms with Crippen molar-refractivity contribution in [2.75, 3.05) is 5.43 Å². The molecule has 5 nitrogen and oxygen atoms in total. The van der Waals surface area contributed by atoms with Crippen molar-refractivity contribution in [3.8, 4) is 11.5 Å². The zero-order valence-corrected chi connectivity index (χ0v) is 13.1. The lowest BCUT2D eigenvalue weighted by molar-refractivity contribution is 1.08. The largest absolute Gasteiger partial charge is 0.308 e. The van der Waals surface area contributed by atoms with Gasteiger partial charge in [0.1, 0.15) is 10.5 Å². The normalized spacial score (nSPS) is 11.0. The van der Waals surface area contributed by atoms with Crippen molar-refractivity contribution >= 4 is 27.4 Å². The van der Waals surface area contributed by atoms with Gasteiger partial charge in [0, 0.05) is 11.1 Å². The van der Waals surface area contributed by atoms with Gasteiger partial charge in [0.25, 0.3) is 0 Å². The second-order valence-electron chi connectivity index (χ2n) is 4.87. The molecule has 21 heavy (non-hydrogen) atoms. The van der Waals surface area contributed by atoms with Crippen molar-refractivity contribution in [1.82, 2.24) is 15.0 Å². The van der Waals surface area contributed by atoms with E-state index in [2.05, 4.69) is 42.2 Å². The molecule has 0 aliphatic heterocycles. The van der Waals surface area contributed by atoms with Crippen LogP contribution in [0.3, 0.4) is 0 Å². The molecule has 3 heterocycles. The number of anilines is 1. The Morgan fingerprint density at radius 1 is 1.29 bits per heavy atom. The zero-order chi connectivity index (χ0) is 15.0.